The van der Waals surface area contributed by atoms with Crippen LogP contribution < -0.4 is 10.8 Å². The molecule has 3 N–H and O–H groups in total. The molecule has 0 fully saturated rings. The number of likely N-dealkylation sites (N-methyl/N-ethyl adjacent to an activating group) is 1. The number of thiol groups is 1. The molecular weight excluding hydrogens is 284 g/mol. The SMILES string of the molecule is CCCCCCCCCCCC[NH2+][O-].CCNCC(=O)S. The summed E-state index contributed by atoms with van der Waals surface area (Å²) in [5.74, 6) is 0. The molecule has 0 amide bonds. The third-order valence-corrected chi connectivity index (χ3v) is 3.36. The van der Waals surface area contributed by atoms with Crippen LogP contribution in [0.4, 0.5) is 0 Å². The van der Waals surface area contributed by atoms with E-state index in [-0.39, 0.29) is 5.12 Å². The highest BCUT2D eigenvalue weighted by Gasteiger charge is 1.92. The molecule has 0 bridgehead atoms. The third-order valence-electron chi connectivity index (χ3n) is 3.20. The van der Waals surface area contributed by atoms with Gasteiger partial charge in [0.2, 0.25) is 0 Å². The first kappa shape index (κ1) is 23.2. The summed E-state index contributed by atoms with van der Waals surface area (Å²) in [5, 5.41) is 12.8. The minimum atomic E-state index is -0.109. The van der Waals surface area contributed by atoms with Gasteiger partial charge in [0.05, 0.1) is 13.1 Å². The monoisotopic (exact) mass is 320 g/mol. The molecule has 0 aromatic rings. The molecule has 0 unspecified atom stereocenters. The number of hydrogen-bond donors (Lipinski definition) is 3. The van der Waals surface area contributed by atoms with E-state index in [2.05, 4.69) is 24.9 Å². The molecule has 0 aliphatic heterocycles. The number of rotatable bonds is 14. The lowest BCUT2D eigenvalue weighted by Gasteiger charge is -2.02. The van der Waals surface area contributed by atoms with Gasteiger partial charge in [-0.15, -0.1) is 12.6 Å². The number of unbranched alkanes of at least 4 members (excludes halogenated alkanes) is 9. The second-order valence-electron chi connectivity index (χ2n) is 5.31. The Bertz CT molecular complexity index is 193. The van der Waals surface area contributed by atoms with Gasteiger partial charge in [0.1, 0.15) is 0 Å². The predicted octanol–water partition coefficient (Wildman–Crippen LogP) is 3.02. The zero-order valence-corrected chi connectivity index (χ0v) is 14.9. The molecule has 0 rings (SSSR count). The first-order chi connectivity index (χ1) is 10.2. The number of hydroxylamine groups is 1. The Morgan fingerprint density at radius 2 is 1.43 bits per heavy atom. The van der Waals surface area contributed by atoms with Gasteiger partial charge in [0, 0.05) is 0 Å². The maximum absolute atomic E-state index is 10.0. The van der Waals surface area contributed by atoms with Gasteiger partial charge in [-0.05, 0) is 19.4 Å². The summed E-state index contributed by atoms with van der Waals surface area (Å²) in [5.41, 5.74) is 1.03. The molecule has 0 saturated carbocycles. The molecule has 0 aliphatic rings. The molecule has 0 heterocycles. The summed E-state index contributed by atoms with van der Waals surface area (Å²) in [7, 11) is 0. The van der Waals surface area contributed by atoms with Gasteiger partial charge in [-0.1, -0.05) is 65.2 Å². The summed E-state index contributed by atoms with van der Waals surface area (Å²) in [6.45, 7) is 6.16. The number of carbonyl (C=O) groups is 1. The van der Waals surface area contributed by atoms with Crippen LogP contribution in [0.1, 0.15) is 78.1 Å². The normalized spacial score (nSPS) is 10.1. The number of nitrogens with one attached hydrogen (secondary N) is 1. The lowest BCUT2D eigenvalue weighted by atomic mass is 10.1. The van der Waals surface area contributed by atoms with Crippen molar-refractivity contribution in [1.29, 1.82) is 0 Å². The van der Waals surface area contributed by atoms with Gasteiger partial charge in [0.25, 0.3) is 0 Å². The topological polar surface area (TPSA) is 68.8 Å². The Balaban J connectivity index is 0. The fourth-order valence-electron chi connectivity index (χ4n) is 1.95. The molecule has 128 valence electrons. The van der Waals surface area contributed by atoms with E-state index in [4.69, 9.17) is 0 Å². The van der Waals surface area contributed by atoms with Crippen molar-refractivity contribution >= 4 is 17.7 Å². The second-order valence-corrected chi connectivity index (χ2v) is 5.81. The molecule has 0 radical (unpaired) electrons. The van der Waals surface area contributed by atoms with Crippen LogP contribution >= 0.6 is 12.6 Å². The molecule has 0 aromatic carbocycles. The molecule has 0 aliphatic carbocycles. The summed E-state index contributed by atoms with van der Waals surface area (Å²) in [6.07, 6.45) is 13.4. The van der Waals surface area contributed by atoms with Crippen molar-refractivity contribution in [2.24, 2.45) is 0 Å². The van der Waals surface area contributed by atoms with Gasteiger partial charge in [0.15, 0.2) is 5.12 Å². The van der Waals surface area contributed by atoms with Gasteiger partial charge < -0.3 is 16.0 Å². The van der Waals surface area contributed by atoms with Crippen molar-refractivity contribution in [3.05, 3.63) is 5.21 Å². The van der Waals surface area contributed by atoms with E-state index in [0.717, 1.165) is 25.0 Å². The largest absolute Gasteiger partial charge is 0.636 e. The van der Waals surface area contributed by atoms with Crippen molar-refractivity contribution < 1.29 is 10.3 Å². The Labute approximate surface area is 136 Å². The standard InChI is InChI=1S/C12H27NO.C4H9NOS/c1-2-3-4-5-6-7-8-9-10-11-12-13-14;1-2-5-3-4(6)7/h2-13H2,1H3;5H,2-3H2,1H3,(H,6,7). The van der Waals surface area contributed by atoms with E-state index >= 15 is 0 Å². The zero-order chi connectivity index (χ0) is 16.2. The molecule has 5 heteroatoms. The van der Waals surface area contributed by atoms with Crippen molar-refractivity contribution in [3.63, 3.8) is 0 Å². The summed E-state index contributed by atoms with van der Waals surface area (Å²) in [4.78, 5) is 10.0. The molecule has 0 atom stereocenters. The van der Waals surface area contributed by atoms with E-state index < -0.39 is 0 Å². The van der Waals surface area contributed by atoms with Gasteiger partial charge in [-0.2, -0.15) is 0 Å². The third kappa shape index (κ3) is 28.7. The van der Waals surface area contributed by atoms with Gasteiger partial charge in [-0.25, -0.2) is 0 Å². The fraction of sp³-hybridized carbons (Fsp3) is 0.938. The van der Waals surface area contributed by atoms with Crippen LogP contribution in [0.15, 0.2) is 0 Å². The van der Waals surface area contributed by atoms with Crippen LogP contribution in [0.2, 0.25) is 0 Å². The van der Waals surface area contributed by atoms with E-state index in [1.807, 2.05) is 6.92 Å². The molecule has 0 saturated heterocycles. The zero-order valence-electron chi connectivity index (χ0n) is 14.0. The van der Waals surface area contributed by atoms with Gasteiger partial charge >= 0.3 is 0 Å². The van der Waals surface area contributed by atoms with E-state index in [1.165, 1.54) is 57.8 Å². The highest BCUT2D eigenvalue weighted by atomic mass is 32.1. The van der Waals surface area contributed by atoms with Crippen LogP contribution in [0, 0.1) is 5.21 Å². The van der Waals surface area contributed by atoms with Crippen LogP contribution in [0.5, 0.6) is 0 Å². The molecule has 21 heavy (non-hydrogen) atoms. The Hall–Kier alpha value is -0.100. The molecule has 4 nitrogen and oxygen atoms in total. The summed E-state index contributed by atoms with van der Waals surface area (Å²) < 4.78 is 0. The van der Waals surface area contributed by atoms with Crippen LogP contribution in [-0.2, 0) is 4.79 Å². The smallest absolute Gasteiger partial charge is 0.199 e. The van der Waals surface area contributed by atoms with E-state index in [0.29, 0.717) is 6.54 Å². The second kappa shape index (κ2) is 22.2. The highest BCUT2D eigenvalue weighted by molar-refractivity contribution is 7.96. The first-order valence-corrected chi connectivity index (χ1v) is 8.99. The number of quaternary nitrogens is 1. The lowest BCUT2D eigenvalue weighted by molar-refractivity contribution is -0.589. The van der Waals surface area contributed by atoms with Crippen molar-refractivity contribution in [2.75, 3.05) is 19.6 Å². The Morgan fingerprint density at radius 1 is 0.952 bits per heavy atom. The predicted molar refractivity (Wildman–Crippen MR) is 94.5 cm³/mol. The maximum Gasteiger partial charge on any atom is 0.199 e. The van der Waals surface area contributed by atoms with Crippen molar-refractivity contribution in [3.8, 4) is 0 Å². The average Bonchev–Trinajstić information content (AvgIpc) is 2.48. The van der Waals surface area contributed by atoms with Crippen LogP contribution in [0.25, 0.3) is 0 Å². The molecular formula is C16H36N2O2S. The maximum atomic E-state index is 10.0. The minimum Gasteiger partial charge on any atom is -0.636 e. The lowest BCUT2D eigenvalue weighted by Crippen LogP contribution is -2.77. The molecule has 0 spiro atoms. The Morgan fingerprint density at radius 3 is 1.76 bits per heavy atom. The van der Waals surface area contributed by atoms with Crippen LogP contribution in [-0.4, -0.2) is 24.7 Å². The van der Waals surface area contributed by atoms with E-state index in [1.54, 1.807) is 0 Å². The first-order valence-electron chi connectivity index (χ1n) is 8.55. The van der Waals surface area contributed by atoms with Crippen molar-refractivity contribution in [1.82, 2.24) is 5.32 Å². The summed E-state index contributed by atoms with van der Waals surface area (Å²) >= 11 is 3.53. The minimum absolute atomic E-state index is 0.109. The number of nitrogens with two attached hydrogens (primary N) is 1. The van der Waals surface area contributed by atoms with Gasteiger partial charge in [-0.3, -0.25) is 4.79 Å². The molecule has 0 aromatic heterocycles. The van der Waals surface area contributed by atoms with E-state index in [9.17, 15) is 10.0 Å². The van der Waals surface area contributed by atoms with Crippen LogP contribution in [0.3, 0.4) is 0 Å². The van der Waals surface area contributed by atoms with Crippen molar-refractivity contribution in [2.45, 2.75) is 78.1 Å². The highest BCUT2D eigenvalue weighted by Crippen LogP contribution is 2.09. The number of carbonyl (C=O) groups excluding carboxylic acids is 1. The fourth-order valence-corrected chi connectivity index (χ4v) is 2.06. The quantitative estimate of drug-likeness (QED) is 0.262. The average molecular weight is 321 g/mol. The Kier molecular flexibility index (Phi) is 24.5. The summed E-state index contributed by atoms with van der Waals surface area (Å²) in [6, 6.07) is 0. The number of hydrogen-bond acceptors (Lipinski definition) is 3.